The van der Waals surface area contributed by atoms with Gasteiger partial charge in [-0.25, -0.2) is 0 Å². The third kappa shape index (κ3) is 2.78. The lowest BCUT2D eigenvalue weighted by Gasteiger charge is -2.10. The fourth-order valence-corrected chi connectivity index (χ4v) is 2.72. The highest BCUT2D eigenvalue weighted by molar-refractivity contribution is 5.90. The summed E-state index contributed by atoms with van der Waals surface area (Å²) in [7, 11) is 1.05. The van der Waals surface area contributed by atoms with E-state index in [1.807, 2.05) is 0 Å². The van der Waals surface area contributed by atoms with Crippen LogP contribution in [0, 0.1) is 20.2 Å². The molecule has 0 atom stereocenters. The van der Waals surface area contributed by atoms with Crippen LogP contribution in [0.1, 0.15) is 0 Å². The highest BCUT2D eigenvalue weighted by Gasteiger charge is 2.36. The molecule has 1 aromatic heterocycles. The first-order valence-electron chi connectivity index (χ1n) is 7.38. The number of benzene rings is 2. The molecule has 0 aliphatic carbocycles. The Labute approximate surface area is 153 Å². The van der Waals surface area contributed by atoms with Gasteiger partial charge in [-0.2, -0.15) is 0 Å². The molecule has 3 N–H and O–H groups in total. The molecule has 0 bridgehead atoms. The van der Waals surface area contributed by atoms with Gasteiger partial charge in [-0.05, 0) is 0 Å². The molecule has 0 unspecified atom stereocenters. The molecule has 0 fully saturated rings. The number of ether oxygens (including phenoxy) is 1. The van der Waals surface area contributed by atoms with Gasteiger partial charge in [0, 0.05) is 18.2 Å². The molecule has 0 aliphatic heterocycles. The van der Waals surface area contributed by atoms with Crippen LogP contribution in [-0.4, -0.2) is 32.3 Å². The van der Waals surface area contributed by atoms with E-state index in [4.69, 9.17) is 9.15 Å². The van der Waals surface area contributed by atoms with Gasteiger partial charge in [-0.15, -0.1) is 0 Å². The number of hydrogen-bond donors (Lipinski definition) is 3. The summed E-state index contributed by atoms with van der Waals surface area (Å²) >= 11 is 0. The number of nitro benzene ring substituents is 2. The first-order chi connectivity index (χ1) is 13.1. The minimum atomic E-state index is -1.11. The Morgan fingerprint density at radius 3 is 2.29 bits per heavy atom. The second-order valence-corrected chi connectivity index (χ2v) is 5.50. The lowest BCUT2D eigenvalue weighted by Crippen LogP contribution is -2.04. The summed E-state index contributed by atoms with van der Waals surface area (Å²) in [6.45, 7) is 0. The van der Waals surface area contributed by atoms with Crippen molar-refractivity contribution in [1.82, 2.24) is 0 Å². The van der Waals surface area contributed by atoms with Gasteiger partial charge in [0.05, 0.1) is 23.0 Å². The third-order valence-electron chi connectivity index (χ3n) is 3.86. The summed E-state index contributed by atoms with van der Waals surface area (Å²) in [5.74, 6) is -3.25. The quantitative estimate of drug-likeness (QED) is 0.441. The van der Waals surface area contributed by atoms with Crippen LogP contribution in [0.5, 0.6) is 23.0 Å². The Bertz CT molecular complexity index is 1210. The topological polar surface area (TPSA) is 186 Å². The number of fused-ring (bicyclic) bond motifs is 1. The zero-order valence-electron chi connectivity index (χ0n) is 13.9. The Morgan fingerprint density at radius 2 is 1.71 bits per heavy atom. The zero-order valence-corrected chi connectivity index (χ0v) is 13.9. The van der Waals surface area contributed by atoms with Crippen molar-refractivity contribution >= 4 is 22.3 Å². The molecule has 28 heavy (non-hydrogen) atoms. The highest BCUT2D eigenvalue weighted by atomic mass is 16.6. The molecule has 0 saturated carbocycles. The van der Waals surface area contributed by atoms with Gasteiger partial charge in [0.15, 0.2) is 22.5 Å². The smallest absolute Gasteiger partial charge is 0.332 e. The van der Waals surface area contributed by atoms with E-state index in [1.165, 1.54) is 0 Å². The number of nitro groups is 2. The van der Waals surface area contributed by atoms with E-state index in [1.54, 1.807) is 0 Å². The molecule has 12 heteroatoms. The number of methoxy groups -OCH3 is 1. The van der Waals surface area contributed by atoms with Crippen LogP contribution in [0.15, 0.2) is 33.5 Å². The number of phenols is 3. The molecule has 0 aliphatic rings. The molecule has 3 aromatic rings. The maximum absolute atomic E-state index is 12.3. The predicted octanol–water partition coefficient (Wildman–Crippen LogP) is 2.40. The van der Waals surface area contributed by atoms with E-state index < -0.39 is 61.0 Å². The summed E-state index contributed by atoms with van der Waals surface area (Å²) in [5, 5.41) is 52.0. The molecular formula is C16H10N2O10. The Morgan fingerprint density at radius 1 is 1.04 bits per heavy atom. The van der Waals surface area contributed by atoms with E-state index in [-0.39, 0.29) is 11.0 Å². The lowest BCUT2D eigenvalue weighted by molar-refractivity contribution is -0.393. The minimum Gasteiger partial charge on any atom is -0.508 e. The van der Waals surface area contributed by atoms with Crippen LogP contribution in [-0.2, 0) is 0 Å². The summed E-state index contributed by atoms with van der Waals surface area (Å²) < 4.78 is 10.0. The molecule has 3 rings (SSSR count). The van der Waals surface area contributed by atoms with Crippen LogP contribution in [0.2, 0.25) is 0 Å². The van der Waals surface area contributed by atoms with Gasteiger partial charge >= 0.3 is 5.69 Å². The SMILES string of the molecule is COc1cc([N+](=O)[O-])c(-c2cc(=O)c3c(O)cc(O)cc3o2)c([N+](=O)[O-])c1O. The van der Waals surface area contributed by atoms with Crippen molar-refractivity contribution in [3.63, 3.8) is 0 Å². The molecule has 0 amide bonds. The number of aromatic hydroxyl groups is 3. The Hall–Kier alpha value is -4.35. The second kappa shape index (κ2) is 6.42. The van der Waals surface area contributed by atoms with E-state index in [9.17, 15) is 40.3 Å². The monoisotopic (exact) mass is 390 g/mol. The summed E-state index contributed by atoms with van der Waals surface area (Å²) in [6, 6.07) is 3.26. The van der Waals surface area contributed by atoms with Crippen LogP contribution in [0.4, 0.5) is 11.4 Å². The van der Waals surface area contributed by atoms with Gasteiger partial charge in [-0.3, -0.25) is 25.0 Å². The second-order valence-electron chi connectivity index (χ2n) is 5.50. The summed E-state index contributed by atoms with van der Waals surface area (Å²) in [5.41, 5.74) is -4.02. The Balaban J connectivity index is 2.50. The molecule has 0 radical (unpaired) electrons. The third-order valence-corrected chi connectivity index (χ3v) is 3.86. The molecule has 2 aromatic carbocycles. The Kier molecular flexibility index (Phi) is 4.23. The molecule has 0 saturated heterocycles. The normalized spacial score (nSPS) is 10.8. The maximum Gasteiger partial charge on any atom is 0.332 e. The average Bonchev–Trinajstić information content (AvgIpc) is 2.59. The van der Waals surface area contributed by atoms with Gasteiger partial charge in [0.25, 0.3) is 5.69 Å². The van der Waals surface area contributed by atoms with E-state index in [0.29, 0.717) is 6.07 Å². The van der Waals surface area contributed by atoms with E-state index >= 15 is 0 Å². The van der Waals surface area contributed by atoms with Gasteiger partial charge in [0.2, 0.25) is 5.75 Å². The fourth-order valence-electron chi connectivity index (χ4n) is 2.72. The minimum absolute atomic E-state index is 0.343. The molecule has 0 spiro atoms. The van der Waals surface area contributed by atoms with Crippen molar-refractivity contribution in [3.8, 4) is 34.3 Å². The van der Waals surface area contributed by atoms with E-state index in [0.717, 1.165) is 25.3 Å². The van der Waals surface area contributed by atoms with Crippen LogP contribution in [0.3, 0.4) is 0 Å². The maximum atomic E-state index is 12.3. The molecule has 1 heterocycles. The van der Waals surface area contributed by atoms with Gasteiger partial charge < -0.3 is 24.5 Å². The van der Waals surface area contributed by atoms with Crippen molar-refractivity contribution in [3.05, 3.63) is 54.7 Å². The number of rotatable bonds is 4. The number of phenolic OH excluding ortho intramolecular Hbond substituents is 3. The summed E-state index contributed by atoms with van der Waals surface area (Å²) in [6.07, 6.45) is 0. The highest BCUT2D eigenvalue weighted by Crippen LogP contribution is 2.49. The first-order valence-corrected chi connectivity index (χ1v) is 7.38. The standard InChI is InChI=1S/C16H10N2O10/c1-27-12-4-7(17(23)24)13(15(16(12)22)18(25)26)11-5-9(21)14-8(20)2-6(19)3-10(14)28-11/h2-5,19-20,22H,1H3. The van der Waals surface area contributed by atoms with Crippen molar-refractivity contribution in [2.45, 2.75) is 0 Å². The fraction of sp³-hybridized carbons (Fsp3) is 0.0625. The lowest BCUT2D eigenvalue weighted by atomic mass is 10.0. The average molecular weight is 390 g/mol. The van der Waals surface area contributed by atoms with E-state index in [2.05, 4.69) is 0 Å². The predicted molar refractivity (Wildman–Crippen MR) is 92.8 cm³/mol. The first kappa shape index (κ1) is 18.4. The zero-order chi connectivity index (χ0) is 20.7. The number of nitrogens with zero attached hydrogens (tertiary/aromatic N) is 2. The van der Waals surface area contributed by atoms with Crippen molar-refractivity contribution in [2.75, 3.05) is 7.11 Å². The van der Waals surface area contributed by atoms with Crippen molar-refractivity contribution in [1.29, 1.82) is 0 Å². The summed E-state index contributed by atoms with van der Waals surface area (Å²) in [4.78, 5) is 33.2. The van der Waals surface area contributed by atoms with Gasteiger partial charge in [-0.1, -0.05) is 0 Å². The molecule has 12 nitrogen and oxygen atoms in total. The molecular weight excluding hydrogens is 380 g/mol. The molecule has 144 valence electrons. The number of hydrogen-bond acceptors (Lipinski definition) is 10. The largest absolute Gasteiger partial charge is 0.508 e. The van der Waals surface area contributed by atoms with Crippen LogP contribution >= 0.6 is 0 Å². The van der Waals surface area contributed by atoms with Crippen molar-refractivity contribution in [2.24, 2.45) is 0 Å². The van der Waals surface area contributed by atoms with Crippen molar-refractivity contribution < 1.29 is 34.3 Å². The van der Waals surface area contributed by atoms with Crippen LogP contribution < -0.4 is 10.2 Å². The van der Waals surface area contributed by atoms with Crippen LogP contribution in [0.25, 0.3) is 22.3 Å². The van der Waals surface area contributed by atoms with Gasteiger partial charge in [0.1, 0.15) is 22.5 Å².